The van der Waals surface area contributed by atoms with Gasteiger partial charge in [0.05, 0.1) is 6.42 Å². The lowest BCUT2D eigenvalue weighted by molar-refractivity contribution is -0.140. The van der Waals surface area contributed by atoms with Crippen LogP contribution in [0.3, 0.4) is 0 Å². The van der Waals surface area contributed by atoms with Crippen LogP contribution in [0.4, 0.5) is 0 Å². The molecule has 3 aromatic rings. The first-order valence-electron chi connectivity index (χ1n) is 10.0. The number of nitrogens with one attached hydrogen (secondary N) is 1. The van der Waals surface area contributed by atoms with Gasteiger partial charge in [0.15, 0.2) is 0 Å². The molecule has 0 fully saturated rings. The molecule has 3 aromatic carbocycles. The van der Waals surface area contributed by atoms with Crippen LogP contribution >= 0.6 is 23.2 Å². The summed E-state index contributed by atoms with van der Waals surface area (Å²) < 4.78 is 0. The number of rotatable bonds is 8. The molecule has 0 saturated heterocycles. The quantitative estimate of drug-likeness (QED) is 0.524. The number of hydrogen-bond acceptors (Lipinski definition) is 2. The number of halogens is 2. The van der Waals surface area contributed by atoms with E-state index in [9.17, 15) is 9.59 Å². The Morgan fingerprint density at radius 3 is 2.10 bits per heavy atom. The molecule has 31 heavy (non-hydrogen) atoms. The maximum Gasteiger partial charge on any atom is 0.242 e. The fraction of sp³-hybridized carbons (Fsp3) is 0.200. The lowest BCUT2D eigenvalue weighted by Crippen LogP contribution is -2.50. The van der Waals surface area contributed by atoms with Crippen molar-refractivity contribution in [3.8, 4) is 0 Å². The first-order chi connectivity index (χ1) is 15.0. The molecule has 0 spiro atoms. The third-order valence-corrected chi connectivity index (χ3v) is 5.66. The van der Waals surface area contributed by atoms with Gasteiger partial charge in [0.2, 0.25) is 11.8 Å². The summed E-state index contributed by atoms with van der Waals surface area (Å²) >= 11 is 12.3. The van der Waals surface area contributed by atoms with Crippen molar-refractivity contribution in [2.24, 2.45) is 0 Å². The third kappa shape index (κ3) is 6.33. The molecule has 0 aromatic heterocycles. The van der Waals surface area contributed by atoms with Crippen LogP contribution in [0, 0.1) is 0 Å². The number of carbonyl (C=O) groups is 2. The van der Waals surface area contributed by atoms with Crippen LogP contribution in [0.15, 0.2) is 78.9 Å². The highest BCUT2D eigenvalue weighted by Crippen LogP contribution is 2.23. The first kappa shape index (κ1) is 22.9. The maximum atomic E-state index is 13.5. The van der Waals surface area contributed by atoms with Crippen LogP contribution in [-0.2, 0) is 29.0 Å². The highest BCUT2D eigenvalue weighted by atomic mass is 35.5. The molecule has 1 N–H and O–H groups in total. The van der Waals surface area contributed by atoms with E-state index in [2.05, 4.69) is 5.32 Å². The summed E-state index contributed by atoms with van der Waals surface area (Å²) in [6, 6.07) is 23.7. The molecule has 3 rings (SSSR count). The maximum absolute atomic E-state index is 13.5. The van der Waals surface area contributed by atoms with Crippen molar-refractivity contribution in [2.75, 3.05) is 7.05 Å². The summed E-state index contributed by atoms with van der Waals surface area (Å²) in [5, 5.41) is 3.65. The Bertz CT molecular complexity index is 1030. The van der Waals surface area contributed by atoms with E-state index in [-0.39, 0.29) is 18.2 Å². The molecule has 0 heterocycles. The fourth-order valence-electron chi connectivity index (χ4n) is 3.43. The fourth-order valence-corrected chi connectivity index (χ4v) is 3.91. The van der Waals surface area contributed by atoms with Crippen LogP contribution in [-0.4, -0.2) is 29.8 Å². The van der Waals surface area contributed by atoms with Gasteiger partial charge in [-0.1, -0.05) is 89.9 Å². The van der Waals surface area contributed by atoms with Gasteiger partial charge in [-0.05, 0) is 28.8 Å². The lowest BCUT2D eigenvalue weighted by Gasteiger charge is -2.31. The Kier molecular flexibility index (Phi) is 8.10. The van der Waals surface area contributed by atoms with Crippen LogP contribution in [0.2, 0.25) is 10.0 Å². The predicted molar refractivity (Wildman–Crippen MR) is 125 cm³/mol. The zero-order valence-electron chi connectivity index (χ0n) is 17.2. The molecule has 0 radical (unpaired) electrons. The molecule has 0 unspecified atom stereocenters. The van der Waals surface area contributed by atoms with Crippen molar-refractivity contribution in [3.63, 3.8) is 0 Å². The van der Waals surface area contributed by atoms with Crippen molar-refractivity contribution < 1.29 is 9.59 Å². The number of amides is 2. The molecule has 4 nitrogen and oxygen atoms in total. The number of carbonyl (C=O) groups excluding carboxylic acids is 2. The minimum absolute atomic E-state index is 0.0745. The molecule has 0 aliphatic carbocycles. The molecule has 2 amide bonds. The summed E-state index contributed by atoms with van der Waals surface area (Å²) in [5.41, 5.74) is 2.59. The van der Waals surface area contributed by atoms with Gasteiger partial charge in [0, 0.05) is 30.1 Å². The average molecular weight is 455 g/mol. The lowest BCUT2D eigenvalue weighted by atomic mass is 10.0. The minimum Gasteiger partial charge on any atom is -0.357 e. The highest BCUT2D eigenvalue weighted by Gasteiger charge is 2.30. The van der Waals surface area contributed by atoms with E-state index >= 15 is 0 Å². The Morgan fingerprint density at radius 2 is 1.52 bits per heavy atom. The molecule has 160 valence electrons. The average Bonchev–Trinajstić information content (AvgIpc) is 2.79. The van der Waals surface area contributed by atoms with Gasteiger partial charge in [-0.15, -0.1) is 0 Å². The van der Waals surface area contributed by atoms with Crippen molar-refractivity contribution in [1.29, 1.82) is 0 Å². The molecule has 0 bridgehead atoms. The van der Waals surface area contributed by atoms with Gasteiger partial charge < -0.3 is 10.2 Å². The van der Waals surface area contributed by atoms with Gasteiger partial charge >= 0.3 is 0 Å². The van der Waals surface area contributed by atoms with E-state index in [1.54, 1.807) is 30.1 Å². The van der Waals surface area contributed by atoms with Crippen molar-refractivity contribution >= 4 is 35.0 Å². The second-order valence-electron chi connectivity index (χ2n) is 7.24. The standard InChI is InChI=1S/C25H24Cl2N2O2/c1-28-25(31)23(14-18-8-4-2-5-9-18)29(17-19-10-6-3-7-11-19)24(30)15-20-12-13-21(26)16-22(20)27/h2-13,16,23H,14-15,17H2,1H3,(H,28,31)/t23-/m1/s1. The van der Waals surface area contributed by atoms with E-state index in [0.29, 0.717) is 28.6 Å². The van der Waals surface area contributed by atoms with E-state index in [0.717, 1.165) is 11.1 Å². The monoisotopic (exact) mass is 454 g/mol. The van der Waals surface area contributed by atoms with Crippen LogP contribution in [0.5, 0.6) is 0 Å². The number of likely N-dealkylation sites (N-methyl/N-ethyl adjacent to an activating group) is 1. The van der Waals surface area contributed by atoms with E-state index < -0.39 is 6.04 Å². The van der Waals surface area contributed by atoms with Crippen LogP contribution < -0.4 is 5.32 Å². The van der Waals surface area contributed by atoms with Crippen molar-refractivity contribution in [3.05, 3.63) is 106 Å². The minimum atomic E-state index is -0.661. The third-order valence-electron chi connectivity index (χ3n) is 5.07. The molecular weight excluding hydrogens is 431 g/mol. The van der Waals surface area contributed by atoms with Crippen LogP contribution in [0.1, 0.15) is 16.7 Å². The van der Waals surface area contributed by atoms with E-state index in [4.69, 9.17) is 23.2 Å². The summed E-state index contributed by atoms with van der Waals surface area (Å²) in [4.78, 5) is 28.0. The van der Waals surface area contributed by atoms with Gasteiger partial charge in [0.25, 0.3) is 0 Å². The van der Waals surface area contributed by atoms with E-state index in [1.165, 1.54) is 0 Å². The molecule has 0 aliphatic heterocycles. The normalized spacial score (nSPS) is 11.6. The largest absolute Gasteiger partial charge is 0.357 e. The summed E-state index contributed by atoms with van der Waals surface area (Å²) in [5.74, 6) is -0.395. The van der Waals surface area contributed by atoms with Crippen molar-refractivity contribution in [1.82, 2.24) is 10.2 Å². The van der Waals surface area contributed by atoms with Gasteiger partial charge in [0.1, 0.15) is 6.04 Å². The van der Waals surface area contributed by atoms with Crippen molar-refractivity contribution in [2.45, 2.75) is 25.4 Å². The smallest absolute Gasteiger partial charge is 0.242 e. The topological polar surface area (TPSA) is 49.4 Å². The molecule has 0 saturated carbocycles. The van der Waals surface area contributed by atoms with Crippen LogP contribution in [0.25, 0.3) is 0 Å². The number of benzene rings is 3. The summed E-state index contributed by atoms with van der Waals surface area (Å²) in [6.45, 7) is 0.315. The zero-order valence-corrected chi connectivity index (χ0v) is 18.7. The highest BCUT2D eigenvalue weighted by molar-refractivity contribution is 6.35. The summed E-state index contributed by atoms with van der Waals surface area (Å²) in [7, 11) is 1.58. The molecular formula is C25H24Cl2N2O2. The number of nitrogens with zero attached hydrogens (tertiary/aromatic N) is 1. The number of hydrogen-bond donors (Lipinski definition) is 1. The van der Waals surface area contributed by atoms with Gasteiger partial charge in [-0.3, -0.25) is 9.59 Å². The zero-order chi connectivity index (χ0) is 22.2. The molecule has 0 aliphatic rings. The van der Waals surface area contributed by atoms with Gasteiger partial charge in [-0.25, -0.2) is 0 Å². The Labute approximate surface area is 192 Å². The molecule has 1 atom stereocenters. The Hall–Kier alpha value is -2.82. The molecule has 6 heteroatoms. The predicted octanol–water partition coefficient (Wildman–Crippen LogP) is 4.92. The summed E-state index contributed by atoms with van der Waals surface area (Å²) in [6.07, 6.45) is 0.485. The van der Waals surface area contributed by atoms with E-state index in [1.807, 2.05) is 60.7 Å². The second kappa shape index (κ2) is 11.0. The Morgan fingerprint density at radius 1 is 0.903 bits per heavy atom. The Balaban J connectivity index is 1.94. The second-order valence-corrected chi connectivity index (χ2v) is 8.08. The first-order valence-corrected chi connectivity index (χ1v) is 10.8. The SMILES string of the molecule is CNC(=O)[C@@H](Cc1ccccc1)N(Cc1ccccc1)C(=O)Cc1ccc(Cl)cc1Cl. The van der Waals surface area contributed by atoms with Gasteiger partial charge in [-0.2, -0.15) is 0 Å².